The largest absolute Gasteiger partial charge is 0.456 e. The van der Waals surface area contributed by atoms with Crippen molar-refractivity contribution in [3.63, 3.8) is 0 Å². The van der Waals surface area contributed by atoms with Crippen LogP contribution in [-0.4, -0.2) is 4.98 Å². The predicted molar refractivity (Wildman–Crippen MR) is 187 cm³/mol. The highest BCUT2D eigenvalue weighted by Crippen LogP contribution is 2.48. The second-order valence-electron chi connectivity index (χ2n) is 11.9. The molecule has 2 heteroatoms. The molecule has 2 aliphatic rings. The smallest absolute Gasteiger partial charge is 0.135 e. The summed E-state index contributed by atoms with van der Waals surface area (Å²) < 4.78 is 6.36. The molecule has 1 aromatic heterocycles. The normalized spacial score (nSPS) is 14.8. The zero-order valence-electron chi connectivity index (χ0n) is 24.7. The van der Waals surface area contributed by atoms with Gasteiger partial charge in [0, 0.05) is 28.0 Å². The minimum Gasteiger partial charge on any atom is -0.456 e. The molecule has 1 atom stereocenters. The molecule has 6 aromatic carbocycles. The maximum Gasteiger partial charge on any atom is 0.135 e. The van der Waals surface area contributed by atoms with Crippen LogP contribution in [-0.2, 0) is 0 Å². The first-order valence-electron chi connectivity index (χ1n) is 15.6. The fraction of sp³-hybridized carbons (Fsp3) is 0.0465. The Balaban J connectivity index is 1.17. The van der Waals surface area contributed by atoms with E-state index >= 15 is 0 Å². The lowest BCUT2D eigenvalue weighted by molar-refractivity contribution is 0.487. The minimum absolute atomic E-state index is 0.343. The number of para-hydroxylation sites is 1. The van der Waals surface area contributed by atoms with E-state index < -0.39 is 0 Å². The number of nitrogens with zero attached hydrogens (tertiary/aromatic N) is 1. The molecule has 2 nitrogen and oxygen atoms in total. The van der Waals surface area contributed by atoms with E-state index in [1.54, 1.807) is 0 Å². The predicted octanol–water partition coefficient (Wildman–Crippen LogP) is 11.8. The molecule has 45 heavy (non-hydrogen) atoms. The highest BCUT2D eigenvalue weighted by atomic mass is 16.5. The van der Waals surface area contributed by atoms with Crippen LogP contribution in [0.1, 0.15) is 17.9 Å². The molecule has 1 aliphatic carbocycles. The van der Waals surface area contributed by atoms with Gasteiger partial charge in [0.05, 0.1) is 11.4 Å². The van der Waals surface area contributed by atoms with Crippen LogP contribution < -0.4 is 4.74 Å². The van der Waals surface area contributed by atoms with Gasteiger partial charge in [-0.1, -0.05) is 121 Å². The van der Waals surface area contributed by atoms with Crippen LogP contribution in [0, 0.1) is 0 Å². The Morgan fingerprint density at radius 1 is 0.533 bits per heavy atom. The van der Waals surface area contributed by atoms with Crippen molar-refractivity contribution in [2.24, 2.45) is 0 Å². The molecule has 0 fully saturated rings. The molecule has 9 rings (SSSR count). The van der Waals surface area contributed by atoms with Crippen molar-refractivity contribution in [1.82, 2.24) is 4.98 Å². The quantitative estimate of drug-likeness (QED) is 0.208. The Morgan fingerprint density at radius 3 is 2.18 bits per heavy atom. The second kappa shape index (κ2) is 10.5. The Labute approximate surface area is 262 Å². The third-order valence-electron chi connectivity index (χ3n) is 9.17. The molecule has 212 valence electrons. The molecule has 0 radical (unpaired) electrons. The average Bonchev–Trinajstić information content (AvgIpc) is 3.12. The molecule has 0 spiro atoms. The second-order valence-corrected chi connectivity index (χ2v) is 11.9. The van der Waals surface area contributed by atoms with E-state index in [0.717, 1.165) is 46.0 Å². The fourth-order valence-corrected chi connectivity index (χ4v) is 6.90. The summed E-state index contributed by atoms with van der Waals surface area (Å²) in [5, 5.41) is 4.78. The van der Waals surface area contributed by atoms with Gasteiger partial charge in [-0.2, -0.15) is 0 Å². The summed E-state index contributed by atoms with van der Waals surface area (Å²) in [4.78, 5) is 5.19. The molecule has 0 amide bonds. The number of ether oxygens (including phenoxy) is 1. The SMILES string of the molecule is C1=CCC(c2cc(-c3ccccc3)nc(-c3ccc4ccc(-c5ccc6c7c(cccc57)-c5ccccc5O6)cc4c3)c2)C=C1. The standard InChI is InChI=1S/C43H29NO/c1-3-10-28(11-4-1)34-26-39(30-12-5-2-6-13-30)44-40(27-34)32-21-19-29-18-20-31(24-33(29)25-32)35-22-23-42-43-37(35)15-9-16-38(43)36-14-7-8-17-41(36)45-42/h1-10,12-28H,11H2. The van der Waals surface area contributed by atoms with Crippen molar-refractivity contribution in [3.8, 4) is 56.3 Å². The zero-order valence-corrected chi connectivity index (χ0v) is 24.7. The van der Waals surface area contributed by atoms with Gasteiger partial charge in [0.25, 0.3) is 0 Å². The van der Waals surface area contributed by atoms with E-state index in [1.165, 1.54) is 43.8 Å². The first-order chi connectivity index (χ1) is 22.3. The van der Waals surface area contributed by atoms with E-state index in [0.29, 0.717) is 5.92 Å². The van der Waals surface area contributed by atoms with Gasteiger partial charge in [-0.15, -0.1) is 0 Å². The highest BCUT2D eigenvalue weighted by Gasteiger charge is 2.21. The molecule has 1 unspecified atom stereocenters. The first kappa shape index (κ1) is 25.7. The number of hydrogen-bond acceptors (Lipinski definition) is 2. The van der Waals surface area contributed by atoms with Crippen LogP contribution in [0.25, 0.3) is 66.3 Å². The number of rotatable bonds is 4. The van der Waals surface area contributed by atoms with Crippen LogP contribution in [0.2, 0.25) is 0 Å². The van der Waals surface area contributed by atoms with E-state index in [1.807, 2.05) is 12.1 Å². The summed E-state index contributed by atoms with van der Waals surface area (Å²) in [7, 11) is 0. The van der Waals surface area contributed by atoms with Crippen LogP contribution >= 0.6 is 0 Å². The number of hydrogen-bond donors (Lipinski definition) is 0. The monoisotopic (exact) mass is 575 g/mol. The lowest BCUT2D eigenvalue weighted by Gasteiger charge is -2.22. The highest BCUT2D eigenvalue weighted by molar-refractivity contribution is 6.10. The number of pyridine rings is 1. The van der Waals surface area contributed by atoms with Gasteiger partial charge in [0.15, 0.2) is 0 Å². The van der Waals surface area contributed by atoms with Gasteiger partial charge in [0.2, 0.25) is 0 Å². The third-order valence-corrected chi connectivity index (χ3v) is 9.17. The Kier molecular flexibility index (Phi) is 5.99. The molecule has 1 aliphatic heterocycles. The fourth-order valence-electron chi connectivity index (χ4n) is 6.90. The molecule has 2 heterocycles. The van der Waals surface area contributed by atoms with Crippen molar-refractivity contribution in [2.75, 3.05) is 0 Å². The van der Waals surface area contributed by atoms with E-state index in [2.05, 4.69) is 146 Å². The number of aromatic nitrogens is 1. The van der Waals surface area contributed by atoms with Crippen molar-refractivity contribution in [2.45, 2.75) is 12.3 Å². The van der Waals surface area contributed by atoms with Crippen LogP contribution in [0.4, 0.5) is 0 Å². The van der Waals surface area contributed by atoms with Gasteiger partial charge in [-0.3, -0.25) is 0 Å². The van der Waals surface area contributed by atoms with Crippen LogP contribution in [0.15, 0.2) is 158 Å². The van der Waals surface area contributed by atoms with E-state index in [4.69, 9.17) is 9.72 Å². The van der Waals surface area contributed by atoms with Gasteiger partial charge < -0.3 is 4.74 Å². The molecule has 0 saturated heterocycles. The number of benzene rings is 6. The summed E-state index contributed by atoms with van der Waals surface area (Å²) in [6, 6.07) is 47.7. The Hall–Kier alpha value is -5.73. The van der Waals surface area contributed by atoms with E-state index in [-0.39, 0.29) is 0 Å². The topological polar surface area (TPSA) is 22.1 Å². The molecule has 7 aromatic rings. The minimum atomic E-state index is 0.343. The average molecular weight is 576 g/mol. The number of fused-ring (bicyclic) bond motifs is 3. The zero-order chi connectivity index (χ0) is 29.7. The Bertz CT molecular complexity index is 2330. The molecular formula is C43H29NO. The maximum atomic E-state index is 6.36. The van der Waals surface area contributed by atoms with Crippen molar-refractivity contribution in [3.05, 3.63) is 163 Å². The third kappa shape index (κ3) is 4.46. The summed E-state index contributed by atoms with van der Waals surface area (Å²) >= 11 is 0. The maximum absolute atomic E-state index is 6.36. The molecule has 0 N–H and O–H groups in total. The molecular weight excluding hydrogens is 546 g/mol. The van der Waals surface area contributed by atoms with Gasteiger partial charge in [0.1, 0.15) is 11.5 Å². The summed E-state index contributed by atoms with van der Waals surface area (Å²) in [6.45, 7) is 0. The van der Waals surface area contributed by atoms with Gasteiger partial charge in [-0.25, -0.2) is 4.98 Å². The van der Waals surface area contributed by atoms with Crippen molar-refractivity contribution >= 4 is 21.5 Å². The van der Waals surface area contributed by atoms with Crippen LogP contribution in [0.5, 0.6) is 11.5 Å². The molecule has 0 saturated carbocycles. The lowest BCUT2D eigenvalue weighted by Crippen LogP contribution is -2.00. The van der Waals surface area contributed by atoms with E-state index in [9.17, 15) is 0 Å². The first-order valence-corrected chi connectivity index (χ1v) is 15.6. The Morgan fingerprint density at radius 2 is 1.31 bits per heavy atom. The number of allylic oxidation sites excluding steroid dienone is 4. The van der Waals surface area contributed by atoms with Crippen molar-refractivity contribution in [1.29, 1.82) is 0 Å². The summed E-state index contributed by atoms with van der Waals surface area (Å²) in [6.07, 6.45) is 9.83. The van der Waals surface area contributed by atoms with Crippen LogP contribution in [0.3, 0.4) is 0 Å². The summed E-state index contributed by atoms with van der Waals surface area (Å²) in [5.74, 6) is 2.16. The van der Waals surface area contributed by atoms with Gasteiger partial charge in [-0.05, 0) is 81.2 Å². The lowest BCUT2D eigenvalue weighted by atomic mass is 9.89. The molecule has 0 bridgehead atoms. The van der Waals surface area contributed by atoms with Crippen molar-refractivity contribution < 1.29 is 4.74 Å². The van der Waals surface area contributed by atoms with Gasteiger partial charge >= 0.3 is 0 Å². The summed E-state index contributed by atoms with van der Waals surface area (Å²) in [5.41, 5.74) is 10.3.